The van der Waals surface area contributed by atoms with Gasteiger partial charge < -0.3 is 5.11 Å². The normalized spacial score (nSPS) is 27.5. The quantitative estimate of drug-likeness (QED) is 0.655. The topological polar surface area (TPSA) is 68.2 Å². The molecule has 2 unspecified atom stereocenters. The highest BCUT2D eigenvalue weighted by molar-refractivity contribution is 6.41. The molecule has 5 rings (SSSR count). The number of carbonyl (C=O) groups is 1. The van der Waals surface area contributed by atoms with Gasteiger partial charge in [-0.25, -0.2) is 5.01 Å². The van der Waals surface area contributed by atoms with E-state index in [0.717, 1.165) is 18.7 Å². The van der Waals surface area contributed by atoms with Crippen LogP contribution in [0.3, 0.4) is 0 Å². The number of amides is 1. The summed E-state index contributed by atoms with van der Waals surface area (Å²) >= 11 is 12.6. The Kier molecular flexibility index (Phi) is 5.78. The first-order valence-electron chi connectivity index (χ1n) is 11.1. The summed E-state index contributed by atoms with van der Waals surface area (Å²) in [6.07, 6.45) is 3.80. The number of hydrazine groups is 1. The SMILES string of the molecule is C[C@H]1C(C(=O)NN2CC3CCCC3C2)=NN(c2ccc(Cl)cc2Cl)[C@@H]1c1ccc(O)cc1. The Morgan fingerprint density at radius 2 is 1.78 bits per heavy atom. The van der Waals surface area contributed by atoms with Crippen molar-refractivity contribution < 1.29 is 9.90 Å². The van der Waals surface area contributed by atoms with Gasteiger partial charge in [0, 0.05) is 24.0 Å². The fourth-order valence-corrected chi connectivity index (χ4v) is 5.88. The van der Waals surface area contributed by atoms with Crippen molar-refractivity contribution in [2.75, 3.05) is 18.1 Å². The van der Waals surface area contributed by atoms with E-state index in [4.69, 9.17) is 28.3 Å². The van der Waals surface area contributed by atoms with Gasteiger partial charge in [-0.3, -0.25) is 15.2 Å². The molecule has 8 heteroatoms. The van der Waals surface area contributed by atoms with E-state index in [1.807, 2.05) is 25.1 Å². The number of benzene rings is 2. The molecule has 3 aliphatic rings. The molecule has 0 aromatic heterocycles. The highest BCUT2D eigenvalue weighted by Crippen LogP contribution is 2.43. The van der Waals surface area contributed by atoms with Crippen molar-refractivity contribution >= 4 is 40.5 Å². The minimum absolute atomic E-state index is 0.172. The van der Waals surface area contributed by atoms with Gasteiger partial charge in [0.15, 0.2) is 0 Å². The van der Waals surface area contributed by atoms with E-state index in [2.05, 4.69) is 10.4 Å². The lowest BCUT2D eigenvalue weighted by Crippen LogP contribution is -2.45. The molecule has 2 aromatic rings. The summed E-state index contributed by atoms with van der Waals surface area (Å²) in [4.78, 5) is 13.3. The van der Waals surface area contributed by atoms with Crippen LogP contribution in [0.2, 0.25) is 10.0 Å². The van der Waals surface area contributed by atoms with Gasteiger partial charge >= 0.3 is 0 Å². The van der Waals surface area contributed by atoms with Crippen molar-refractivity contribution in [2.24, 2.45) is 22.9 Å². The zero-order valence-corrected chi connectivity index (χ0v) is 19.4. The number of hydrazone groups is 1. The molecule has 6 nitrogen and oxygen atoms in total. The Balaban J connectivity index is 1.44. The zero-order chi connectivity index (χ0) is 22.4. The molecule has 2 heterocycles. The molecule has 4 atom stereocenters. The van der Waals surface area contributed by atoms with Crippen molar-refractivity contribution in [2.45, 2.75) is 32.2 Å². The predicted molar refractivity (Wildman–Crippen MR) is 127 cm³/mol. The van der Waals surface area contributed by atoms with Crippen molar-refractivity contribution in [3.63, 3.8) is 0 Å². The lowest BCUT2D eigenvalue weighted by Gasteiger charge is -2.27. The molecule has 32 heavy (non-hydrogen) atoms. The third-order valence-electron chi connectivity index (χ3n) is 6.99. The first kappa shape index (κ1) is 21.6. The lowest BCUT2D eigenvalue weighted by atomic mass is 9.91. The minimum atomic E-state index is -0.243. The predicted octanol–water partition coefficient (Wildman–Crippen LogP) is 5.02. The summed E-state index contributed by atoms with van der Waals surface area (Å²) in [5.41, 5.74) is 5.18. The molecule has 1 amide bonds. The fourth-order valence-electron chi connectivity index (χ4n) is 5.38. The smallest absolute Gasteiger partial charge is 0.282 e. The van der Waals surface area contributed by atoms with Gasteiger partial charge in [-0.05, 0) is 60.6 Å². The van der Waals surface area contributed by atoms with Gasteiger partial charge in [-0.1, -0.05) is 48.7 Å². The fraction of sp³-hybridized carbons (Fsp3) is 0.417. The second-order valence-electron chi connectivity index (χ2n) is 9.05. The average Bonchev–Trinajstić information content (AvgIpc) is 3.42. The van der Waals surface area contributed by atoms with Crippen LogP contribution < -0.4 is 10.4 Å². The number of aromatic hydroxyl groups is 1. The molecule has 2 aliphatic heterocycles. The number of nitrogens with zero attached hydrogens (tertiary/aromatic N) is 3. The van der Waals surface area contributed by atoms with Gasteiger partial charge in [0.2, 0.25) is 0 Å². The Hall–Kier alpha value is -2.28. The van der Waals surface area contributed by atoms with E-state index in [1.54, 1.807) is 29.3 Å². The van der Waals surface area contributed by atoms with Crippen LogP contribution in [0.4, 0.5) is 5.69 Å². The molecule has 0 spiro atoms. The molecular formula is C24H26Cl2N4O2. The number of fused-ring (bicyclic) bond motifs is 1. The van der Waals surface area contributed by atoms with Crippen LogP contribution in [0.5, 0.6) is 5.75 Å². The van der Waals surface area contributed by atoms with Crippen LogP contribution in [-0.4, -0.2) is 34.8 Å². The number of phenols is 1. The molecule has 2 N–H and O–H groups in total. The number of hydrogen-bond acceptors (Lipinski definition) is 5. The molecule has 2 aromatic carbocycles. The number of phenolic OH excluding ortho intramolecular Hbond substituents is 1. The number of halogens is 2. The Morgan fingerprint density at radius 1 is 1.09 bits per heavy atom. The van der Waals surface area contributed by atoms with E-state index >= 15 is 0 Å². The molecule has 168 valence electrons. The molecule has 1 aliphatic carbocycles. The average molecular weight is 473 g/mol. The van der Waals surface area contributed by atoms with Crippen LogP contribution >= 0.6 is 23.2 Å². The molecule has 1 saturated carbocycles. The number of carbonyl (C=O) groups excluding carboxylic acids is 1. The number of nitrogens with one attached hydrogen (secondary N) is 1. The Labute approximate surface area is 197 Å². The summed E-state index contributed by atoms with van der Waals surface area (Å²) in [6, 6.07) is 12.0. The Bertz CT molecular complexity index is 1050. The van der Waals surface area contributed by atoms with Crippen LogP contribution in [0.25, 0.3) is 0 Å². The Morgan fingerprint density at radius 3 is 2.44 bits per heavy atom. The molecule has 0 radical (unpaired) electrons. The third-order valence-corrected chi connectivity index (χ3v) is 7.53. The van der Waals surface area contributed by atoms with Crippen molar-refractivity contribution in [3.05, 3.63) is 58.1 Å². The molecule has 1 saturated heterocycles. The van der Waals surface area contributed by atoms with Crippen molar-refractivity contribution in [1.29, 1.82) is 0 Å². The molecular weight excluding hydrogens is 447 g/mol. The molecule has 0 bridgehead atoms. The first-order valence-corrected chi connectivity index (χ1v) is 11.8. The largest absolute Gasteiger partial charge is 0.508 e. The standard InChI is InChI=1S/C24H26Cl2N4O2/c1-14-22(24(32)28-29-12-16-3-2-4-17(16)13-29)27-30(21-10-7-18(25)11-20(21)26)23(14)15-5-8-19(31)9-6-15/h5-11,14,16-17,23,31H,2-4,12-13H2,1H3,(H,28,32)/t14-,16?,17?,23-/m0/s1. The first-order chi connectivity index (χ1) is 15.4. The maximum absolute atomic E-state index is 13.3. The number of anilines is 1. The van der Waals surface area contributed by atoms with E-state index in [1.165, 1.54) is 19.3 Å². The van der Waals surface area contributed by atoms with Gasteiger partial charge in [0.1, 0.15) is 11.5 Å². The molecule has 2 fully saturated rings. The van der Waals surface area contributed by atoms with Gasteiger partial charge in [-0.15, -0.1) is 0 Å². The second-order valence-corrected chi connectivity index (χ2v) is 9.89. The summed E-state index contributed by atoms with van der Waals surface area (Å²) in [5, 5.41) is 19.3. The highest BCUT2D eigenvalue weighted by atomic mass is 35.5. The summed E-state index contributed by atoms with van der Waals surface area (Å²) in [7, 11) is 0. The highest BCUT2D eigenvalue weighted by Gasteiger charge is 2.42. The maximum Gasteiger partial charge on any atom is 0.282 e. The van der Waals surface area contributed by atoms with Gasteiger partial charge in [0.25, 0.3) is 5.91 Å². The summed E-state index contributed by atoms with van der Waals surface area (Å²) in [5.74, 6) is 1.20. The maximum atomic E-state index is 13.3. The van der Waals surface area contributed by atoms with E-state index < -0.39 is 0 Å². The third kappa shape index (κ3) is 3.96. The summed E-state index contributed by atoms with van der Waals surface area (Å²) < 4.78 is 0. The van der Waals surface area contributed by atoms with Crippen LogP contribution in [-0.2, 0) is 4.79 Å². The minimum Gasteiger partial charge on any atom is -0.508 e. The monoisotopic (exact) mass is 472 g/mol. The lowest BCUT2D eigenvalue weighted by molar-refractivity contribution is -0.119. The van der Waals surface area contributed by atoms with Crippen LogP contribution in [0, 0.1) is 17.8 Å². The summed E-state index contributed by atoms with van der Waals surface area (Å²) in [6.45, 7) is 3.82. The van der Waals surface area contributed by atoms with E-state index in [9.17, 15) is 9.90 Å². The van der Waals surface area contributed by atoms with Crippen LogP contribution in [0.1, 0.15) is 37.8 Å². The second kappa shape index (κ2) is 8.58. The van der Waals surface area contributed by atoms with Gasteiger partial charge in [-0.2, -0.15) is 5.10 Å². The van der Waals surface area contributed by atoms with E-state index in [-0.39, 0.29) is 23.6 Å². The van der Waals surface area contributed by atoms with Gasteiger partial charge in [0.05, 0.1) is 16.8 Å². The zero-order valence-electron chi connectivity index (χ0n) is 17.8. The number of hydrogen-bond donors (Lipinski definition) is 2. The number of rotatable bonds is 4. The van der Waals surface area contributed by atoms with Crippen LogP contribution in [0.15, 0.2) is 47.6 Å². The van der Waals surface area contributed by atoms with Crippen molar-refractivity contribution in [3.8, 4) is 5.75 Å². The van der Waals surface area contributed by atoms with Crippen molar-refractivity contribution in [1.82, 2.24) is 10.4 Å². The van der Waals surface area contributed by atoms with E-state index in [0.29, 0.717) is 33.3 Å².